The molecule has 19 heavy (non-hydrogen) atoms. The third-order valence-corrected chi connectivity index (χ3v) is 3.43. The summed E-state index contributed by atoms with van der Waals surface area (Å²) in [5.74, 6) is 0.741. The minimum absolute atomic E-state index is 0.0325. The molecule has 2 atom stereocenters. The Hall–Kier alpha value is -1.53. The average molecular weight is 264 g/mol. The minimum Gasteiger partial charge on any atom is -0.380 e. The van der Waals surface area contributed by atoms with Gasteiger partial charge in [0, 0.05) is 20.1 Å². The number of likely N-dealkylation sites (tertiary alicyclic amines) is 1. The van der Waals surface area contributed by atoms with E-state index in [-0.39, 0.29) is 18.1 Å². The Labute approximate surface area is 113 Å². The molecular formula is C13H20N4O2. The highest BCUT2D eigenvalue weighted by Gasteiger charge is 2.34. The summed E-state index contributed by atoms with van der Waals surface area (Å²) in [5.41, 5.74) is 0.636. The average Bonchev–Trinajstić information content (AvgIpc) is 2.81. The van der Waals surface area contributed by atoms with Crippen molar-refractivity contribution in [1.82, 2.24) is 14.9 Å². The van der Waals surface area contributed by atoms with Crippen molar-refractivity contribution in [1.29, 1.82) is 0 Å². The van der Waals surface area contributed by atoms with E-state index in [0.717, 1.165) is 18.8 Å². The Balaban J connectivity index is 1.96. The van der Waals surface area contributed by atoms with Crippen LogP contribution in [0.25, 0.3) is 0 Å². The topological polar surface area (TPSA) is 67.3 Å². The highest BCUT2D eigenvalue weighted by atomic mass is 16.5. The molecule has 0 unspecified atom stereocenters. The number of likely N-dealkylation sites (N-methyl/N-ethyl adjacent to an activating group) is 1. The molecule has 0 saturated carbocycles. The highest BCUT2D eigenvalue weighted by molar-refractivity contribution is 5.94. The number of rotatable bonds is 4. The Morgan fingerprint density at radius 3 is 2.74 bits per heavy atom. The molecule has 1 saturated heterocycles. The molecule has 1 fully saturated rings. The van der Waals surface area contributed by atoms with Crippen molar-refractivity contribution in [3.05, 3.63) is 18.2 Å². The molecule has 104 valence electrons. The highest BCUT2D eigenvalue weighted by Crippen LogP contribution is 2.19. The quantitative estimate of drug-likeness (QED) is 0.867. The smallest absolute Gasteiger partial charge is 0.241 e. The van der Waals surface area contributed by atoms with Gasteiger partial charge in [-0.2, -0.15) is 0 Å². The number of anilines is 1. The van der Waals surface area contributed by atoms with Gasteiger partial charge in [-0.25, -0.2) is 9.97 Å². The molecule has 0 radical (unpaired) electrons. The summed E-state index contributed by atoms with van der Waals surface area (Å²) in [7, 11) is 3.61. The number of aryl methyl sites for hydroxylation is 1. The molecule has 1 N–H and O–H groups in total. The number of methoxy groups -OCH3 is 1. The van der Waals surface area contributed by atoms with Crippen LogP contribution in [0.1, 0.15) is 19.2 Å². The Bertz CT molecular complexity index is 435. The molecule has 0 aromatic carbocycles. The van der Waals surface area contributed by atoms with Crippen molar-refractivity contribution in [3.63, 3.8) is 0 Å². The maximum absolute atomic E-state index is 12.2. The normalized spacial score (nSPS) is 23.5. The van der Waals surface area contributed by atoms with Gasteiger partial charge in [-0.05, 0) is 13.5 Å². The number of nitrogens with zero attached hydrogens (tertiary/aromatic N) is 3. The molecule has 2 heterocycles. The van der Waals surface area contributed by atoms with Gasteiger partial charge in [0.1, 0.15) is 5.82 Å². The van der Waals surface area contributed by atoms with Crippen LogP contribution in [-0.2, 0) is 16.0 Å². The molecule has 2 rings (SSSR count). The van der Waals surface area contributed by atoms with Gasteiger partial charge in [0.2, 0.25) is 5.91 Å². The Morgan fingerprint density at radius 1 is 1.53 bits per heavy atom. The second-order valence-corrected chi connectivity index (χ2v) is 4.78. The predicted molar refractivity (Wildman–Crippen MR) is 71.9 cm³/mol. The third-order valence-electron chi connectivity index (χ3n) is 3.43. The SMILES string of the molecule is CCc1ncc(NC(=O)[C@@H]2C[C@H](OC)CN2C)cn1. The van der Waals surface area contributed by atoms with E-state index in [4.69, 9.17) is 4.74 Å². The van der Waals surface area contributed by atoms with Crippen LogP contribution in [0, 0.1) is 0 Å². The van der Waals surface area contributed by atoms with Gasteiger partial charge in [0.05, 0.1) is 30.2 Å². The number of aromatic nitrogens is 2. The zero-order valence-corrected chi connectivity index (χ0v) is 11.6. The van der Waals surface area contributed by atoms with Crippen LogP contribution < -0.4 is 5.32 Å². The number of hydrogen-bond acceptors (Lipinski definition) is 5. The first kappa shape index (κ1) is 13.9. The molecule has 1 amide bonds. The lowest BCUT2D eigenvalue weighted by Gasteiger charge is -2.17. The predicted octanol–water partition coefficient (Wildman–Crippen LogP) is 0.697. The minimum atomic E-state index is -0.157. The van der Waals surface area contributed by atoms with Crippen LogP contribution in [-0.4, -0.2) is 53.6 Å². The molecule has 6 nitrogen and oxygen atoms in total. The maximum Gasteiger partial charge on any atom is 0.241 e. The van der Waals surface area contributed by atoms with Gasteiger partial charge < -0.3 is 10.1 Å². The molecule has 6 heteroatoms. The molecule has 0 spiro atoms. The van der Waals surface area contributed by atoms with Gasteiger partial charge in [-0.15, -0.1) is 0 Å². The number of ether oxygens (including phenoxy) is 1. The van der Waals surface area contributed by atoms with Crippen LogP contribution in [0.4, 0.5) is 5.69 Å². The largest absolute Gasteiger partial charge is 0.380 e. The van der Waals surface area contributed by atoms with Gasteiger partial charge in [0.25, 0.3) is 0 Å². The molecule has 1 aliphatic rings. The fraction of sp³-hybridized carbons (Fsp3) is 0.615. The standard InChI is InChI=1S/C13H20N4O2/c1-4-12-14-6-9(7-15-12)16-13(18)11-5-10(19-3)8-17(11)2/h6-7,10-11H,4-5,8H2,1-3H3,(H,16,18)/t10-,11-/m0/s1. The lowest BCUT2D eigenvalue weighted by Crippen LogP contribution is -2.37. The maximum atomic E-state index is 12.2. The fourth-order valence-electron chi connectivity index (χ4n) is 2.26. The molecule has 1 aromatic heterocycles. The second kappa shape index (κ2) is 6.08. The monoisotopic (exact) mass is 264 g/mol. The van der Waals surface area contributed by atoms with Crippen LogP contribution >= 0.6 is 0 Å². The van der Waals surface area contributed by atoms with E-state index in [9.17, 15) is 4.79 Å². The van der Waals surface area contributed by atoms with Crippen molar-refractivity contribution in [2.24, 2.45) is 0 Å². The van der Waals surface area contributed by atoms with Gasteiger partial charge in [-0.1, -0.05) is 6.92 Å². The number of nitrogens with one attached hydrogen (secondary N) is 1. The summed E-state index contributed by atoms with van der Waals surface area (Å²) in [6.07, 6.45) is 4.92. The fourth-order valence-corrected chi connectivity index (χ4v) is 2.26. The first-order valence-electron chi connectivity index (χ1n) is 6.48. The van der Waals surface area contributed by atoms with Gasteiger partial charge in [-0.3, -0.25) is 9.69 Å². The van der Waals surface area contributed by atoms with Gasteiger partial charge >= 0.3 is 0 Å². The number of carbonyl (C=O) groups is 1. The number of carbonyl (C=O) groups excluding carboxylic acids is 1. The Kier molecular flexibility index (Phi) is 4.44. The van der Waals surface area contributed by atoms with E-state index in [1.807, 2.05) is 18.9 Å². The lowest BCUT2D eigenvalue weighted by molar-refractivity contribution is -0.120. The van der Waals surface area contributed by atoms with Crippen LogP contribution in [0.15, 0.2) is 12.4 Å². The first-order chi connectivity index (χ1) is 9.13. The molecule has 0 aliphatic carbocycles. The molecule has 0 bridgehead atoms. The van der Waals surface area contributed by atoms with Crippen LogP contribution in [0.2, 0.25) is 0 Å². The molecule has 1 aliphatic heterocycles. The van der Waals surface area contributed by atoms with E-state index in [1.54, 1.807) is 19.5 Å². The lowest BCUT2D eigenvalue weighted by atomic mass is 10.2. The molecule has 1 aromatic rings. The summed E-state index contributed by atoms with van der Waals surface area (Å²) in [5, 5.41) is 2.85. The van der Waals surface area contributed by atoms with Crippen molar-refractivity contribution in [3.8, 4) is 0 Å². The van der Waals surface area contributed by atoms with E-state index in [0.29, 0.717) is 12.1 Å². The number of amides is 1. The molecular weight excluding hydrogens is 244 g/mol. The zero-order chi connectivity index (χ0) is 13.8. The van der Waals surface area contributed by atoms with Crippen molar-refractivity contribution in [2.75, 3.05) is 26.0 Å². The first-order valence-corrected chi connectivity index (χ1v) is 6.48. The summed E-state index contributed by atoms with van der Waals surface area (Å²) in [4.78, 5) is 22.5. The van der Waals surface area contributed by atoms with Crippen molar-refractivity contribution >= 4 is 11.6 Å². The van der Waals surface area contributed by atoms with E-state index in [2.05, 4.69) is 15.3 Å². The summed E-state index contributed by atoms with van der Waals surface area (Å²) < 4.78 is 5.30. The summed E-state index contributed by atoms with van der Waals surface area (Å²) in [6.45, 7) is 2.77. The van der Waals surface area contributed by atoms with E-state index >= 15 is 0 Å². The van der Waals surface area contributed by atoms with Crippen LogP contribution in [0.3, 0.4) is 0 Å². The summed E-state index contributed by atoms with van der Waals surface area (Å²) in [6, 6.07) is -0.157. The summed E-state index contributed by atoms with van der Waals surface area (Å²) >= 11 is 0. The van der Waals surface area contributed by atoms with Crippen molar-refractivity contribution in [2.45, 2.75) is 31.9 Å². The second-order valence-electron chi connectivity index (χ2n) is 4.78. The van der Waals surface area contributed by atoms with Crippen LogP contribution in [0.5, 0.6) is 0 Å². The third kappa shape index (κ3) is 3.27. The Morgan fingerprint density at radius 2 is 2.21 bits per heavy atom. The van der Waals surface area contributed by atoms with Crippen molar-refractivity contribution < 1.29 is 9.53 Å². The van der Waals surface area contributed by atoms with E-state index < -0.39 is 0 Å². The van der Waals surface area contributed by atoms with E-state index in [1.165, 1.54) is 0 Å². The number of hydrogen-bond donors (Lipinski definition) is 1. The van der Waals surface area contributed by atoms with Gasteiger partial charge in [0.15, 0.2) is 0 Å². The zero-order valence-electron chi connectivity index (χ0n) is 11.6.